The Hall–Kier alpha value is -3.67. The third-order valence-corrected chi connectivity index (χ3v) is 5.43. The second kappa shape index (κ2) is 7.99. The number of nitrogens with one attached hydrogen (secondary N) is 3. The number of para-hydroxylation sites is 1. The van der Waals surface area contributed by atoms with Gasteiger partial charge < -0.3 is 25.3 Å². The molecule has 0 spiro atoms. The molecule has 0 unspecified atom stereocenters. The number of rotatable bonds is 6. The predicted octanol–water partition coefficient (Wildman–Crippen LogP) is 5.16. The fourth-order valence-corrected chi connectivity index (χ4v) is 4.16. The van der Waals surface area contributed by atoms with Gasteiger partial charge in [0.05, 0.1) is 16.8 Å². The molecule has 0 saturated heterocycles. The highest BCUT2D eigenvalue weighted by Gasteiger charge is 2.26. The van der Waals surface area contributed by atoms with Crippen molar-refractivity contribution in [1.29, 1.82) is 0 Å². The molecule has 0 saturated carbocycles. The van der Waals surface area contributed by atoms with Crippen molar-refractivity contribution >= 4 is 44.8 Å². The van der Waals surface area contributed by atoms with E-state index < -0.39 is 5.97 Å². The Morgan fingerprint density at radius 2 is 1.50 bits per heavy atom. The molecule has 0 fully saturated rings. The van der Waals surface area contributed by atoms with Crippen molar-refractivity contribution in [2.24, 2.45) is 0 Å². The number of carbonyl (C=O) groups is 1. The van der Waals surface area contributed by atoms with Crippen molar-refractivity contribution in [2.75, 3.05) is 37.1 Å². The Morgan fingerprint density at radius 1 is 0.867 bits per heavy atom. The Balaban J connectivity index is 2.07. The van der Waals surface area contributed by atoms with E-state index in [2.05, 4.69) is 39.6 Å². The molecule has 0 aliphatic carbocycles. The molecule has 3 N–H and O–H groups in total. The molecule has 4 rings (SSSR count). The quantitative estimate of drug-likeness (QED) is 0.307. The molecule has 0 aliphatic rings. The number of aryl methyl sites for hydroxylation is 1. The van der Waals surface area contributed by atoms with Crippen LogP contribution in [-0.4, -0.2) is 31.7 Å². The summed E-state index contributed by atoms with van der Waals surface area (Å²) in [7, 11) is 5.57. The first-order valence-corrected chi connectivity index (χ1v) is 10.1. The summed E-state index contributed by atoms with van der Waals surface area (Å²) in [4.78, 5) is 12.9. The van der Waals surface area contributed by atoms with Gasteiger partial charge in [0.2, 0.25) is 0 Å². The Morgan fingerprint density at radius 3 is 2.13 bits per heavy atom. The third kappa shape index (κ3) is 2.92. The summed E-state index contributed by atoms with van der Waals surface area (Å²) in [6.45, 7) is 2.90. The fourth-order valence-electron chi connectivity index (χ4n) is 4.16. The maximum Gasteiger partial charge on any atom is 0.343 e. The monoisotopic (exact) mass is 402 g/mol. The molecule has 1 aromatic heterocycles. The summed E-state index contributed by atoms with van der Waals surface area (Å²) >= 11 is 0. The number of ether oxygens (including phenoxy) is 1. The van der Waals surface area contributed by atoms with Crippen LogP contribution in [0.3, 0.4) is 0 Å². The molecule has 1 heterocycles. The summed E-state index contributed by atoms with van der Waals surface area (Å²) in [5.41, 5.74) is 5.04. The van der Waals surface area contributed by atoms with Crippen molar-refractivity contribution in [3.8, 4) is 5.75 Å². The van der Waals surface area contributed by atoms with Gasteiger partial charge in [0.25, 0.3) is 0 Å². The van der Waals surface area contributed by atoms with Gasteiger partial charge in [-0.1, -0.05) is 36.4 Å². The van der Waals surface area contributed by atoms with Crippen LogP contribution in [0.25, 0.3) is 21.8 Å². The van der Waals surface area contributed by atoms with Gasteiger partial charge in [0.15, 0.2) is 5.75 Å². The summed E-state index contributed by atoms with van der Waals surface area (Å²) in [6, 6.07) is 17.4. The topological polar surface area (TPSA) is 67.3 Å². The molecule has 0 atom stereocenters. The van der Waals surface area contributed by atoms with E-state index in [1.54, 1.807) is 12.1 Å². The minimum Gasteiger partial charge on any atom is -0.418 e. The highest BCUT2D eigenvalue weighted by atomic mass is 16.5. The Bertz CT molecular complexity index is 1230. The van der Waals surface area contributed by atoms with Crippen LogP contribution in [0.2, 0.25) is 0 Å². The van der Waals surface area contributed by atoms with Gasteiger partial charge in [-0.05, 0) is 25.1 Å². The molecule has 0 bridgehead atoms. The first-order valence-electron chi connectivity index (χ1n) is 10.1. The lowest BCUT2D eigenvalue weighted by molar-refractivity contribution is 0.0737. The smallest absolute Gasteiger partial charge is 0.343 e. The SMILES string of the molecule is CCn1c2ccccc2c2c(NC)c(NC)c(OC(=O)c3ccccc3)c(NC)c21. The van der Waals surface area contributed by atoms with Crippen LogP contribution >= 0.6 is 0 Å². The van der Waals surface area contributed by atoms with Crippen LogP contribution in [-0.2, 0) is 6.54 Å². The van der Waals surface area contributed by atoms with Crippen LogP contribution in [0.1, 0.15) is 17.3 Å². The average molecular weight is 402 g/mol. The van der Waals surface area contributed by atoms with Gasteiger partial charge in [-0.25, -0.2) is 4.79 Å². The first-order chi connectivity index (χ1) is 14.7. The maximum absolute atomic E-state index is 12.9. The van der Waals surface area contributed by atoms with Gasteiger partial charge in [-0.15, -0.1) is 0 Å². The van der Waals surface area contributed by atoms with Crippen molar-refractivity contribution in [3.63, 3.8) is 0 Å². The van der Waals surface area contributed by atoms with E-state index in [4.69, 9.17) is 4.74 Å². The minimum absolute atomic E-state index is 0.399. The second-order valence-corrected chi connectivity index (χ2v) is 6.94. The number of esters is 1. The van der Waals surface area contributed by atoms with Crippen molar-refractivity contribution in [3.05, 3.63) is 60.2 Å². The second-order valence-electron chi connectivity index (χ2n) is 6.94. The molecule has 3 aromatic carbocycles. The number of anilines is 3. The van der Waals surface area contributed by atoms with Crippen molar-refractivity contribution < 1.29 is 9.53 Å². The van der Waals surface area contributed by atoms with Gasteiger partial charge in [0, 0.05) is 44.0 Å². The lowest BCUT2D eigenvalue weighted by Gasteiger charge is -2.21. The molecule has 6 nitrogen and oxygen atoms in total. The van der Waals surface area contributed by atoms with Gasteiger partial charge in [0.1, 0.15) is 11.4 Å². The number of hydrogen-bond donors (Lipinski definition) is 3. The lowest BCUT2D eigenvalue weighted by atomic mass is 10.1. The van der Waals surface area contributed by atoms with E-state index >= 15 is 0 Å². The van der Waals surface area contributed by atoms with E-state index in [0.717, 1.165) is 45.4 Å². The van der Waals surface area contributed by atoms with Crippen LogP contribution in [0.4, 0.5) is 17.1 Å². The largest absolute Gasteiger partial charge is 0.418 e. The molecule has 30 heavy (non-hydrogen) atoms. The average Bonchev–Trinajstić information content (AvgIpc) is 3.12. The third-order valence-electron chi connectivity index (χ3n) is 5.43. The van der Waals surface area contributed by atoms with Gasteiger partial charge in [-0.3, -0.25) is 0 Å². The standard InChI is InChI=1S/C24H26N4O2/c1-5-28-17-14-10-9-13-16(17)18-19(25-2)20(26-3)23(21(27-4)22(18)28)30-24(29)15-11-7-6-8-12-15/h6-14,25-27H,5H2,1-4H3. The molecule has 0 amide bonds. The zero-order valence-corrected chi connectivity index (χ0v) is 17.7. The molecular weight excluding hydrogens is 376 g/mol. The van der Waals surface area contributed by atoms with Crippen LogP contribution in [0, 0.1) is 0 Å². The van der Waals surface area contributed by atoms with E-state index in [-0.39, 0.29) is 0 Å². The van der Waals surface area contributed by atoms with Crippen LogP contribution in [0.5, 0.6) is 5.75 Å². The predicted molar refractivity (Wildman–Crippen MR) is 125 cm³/mol. The molecule has 154 valence electrons. The van der Waals surface area contributed by atoms with Gasteiger partial charge in [-0.2, -0.15) is 0 Å². The van der Waals surface area contributed by atoms with Crippen LogP contribution in [0.15, 0.2) is 54.6 Å². The highest BCUT2D eigenvalue weighted by Crippen LogP contribution is 2.50. The minimum atomic E-state index is -0.399. The van der Waals surface area contributed by atoms with Gasteiger partial charge >= 0.3 is 5.97 Å². The number of fused-ring (bicyclic) bond motifs is 3. The first kappa shape index (κ1) is 19.6. The van der Waals surface area contributed by atoms with Crippen molar-refractivity contribution in [2.45, 2.75) is 13.5 Å². The van der Waals surface area contributed by atoms with E-state index in [1.165, 1.54) is 0 Å². The normalized spacial score (nSPS) is 10.9. The van der Waals surface area contributed by atoms with E-state index in [1.807, 2.05) is 51.5 Å². The molecular formula is C24H26N4O2. The van der Waals surface area contributed by atoms with Crippen molar-refractivity contribution in [1.82, 2.24) is 4.57 Å². The fraction of sp³-hybridized carbons (Fsp3) is 0.208. The number of carbonyl (C=O) groups excluding carboxylic acids is 1. The highest BCUT2D eigenvalue weighted by molar-refractivity contribution is 6.22. The Kier molecular flexibility index (Phi) is 5.23. The molecule has 4 aromatic rings. The van der Waals surface area contributed by atoms with E-state index in [0.29, 0.717) is 11.3 Å². The maximum atomic E-state index is 12.9. The van der Waals surface area contributed by atoms with E-state index in [9.17, 15) is 4.79 Å². The lowest BCUT2D eigenvalue weighted by Crippen LogP contribution is -2.13. The zero-order chi connectivity index (χ0) is 21.3. The number of hydrogen-bond acceptors (Lipinski definition) is 5. The summed E-state index contributed by atoms with van der Waals surface area (Å²) in [5, 5.41) is 12.1. The summed E-state index contributed by atoms with van der Waals surface area (Å²) in [6.07, 6.45) is 0. The summed E-state index contributed by atoms with van der Waals surface area (Å²) in [5.74, 6) is 0.0763. The molecule has 0 radical (unpaired) electrons. The number of aromatic nitrogens is 1. The molecule has 6 heteroatoms. The Labute approximate surface area is 175 Å². The zero-order valence-electron chi connectivity index (χ0n) is 17.7. The van der Waals surface area contributed by atoms with Crippen LogP contribution < -0.4 is 20.7 Å². The number of nitrogens with zero attached hydrogens (tertiary/aromatic N) is 1. The molecule has 0 aliphatic heterocycles. The number of benzene rings is 3. The summed E-state index contributed by atoms with van der Waals surface area (Å²) < 4.78 is 8.22.